The van der Waals surface area contributed by atoms with Crippen molar-refractivity contribution >= 4 is 22.5 Å². The molecule has 0 fully saturated rings. The molecule has 0 atom stereocenters. The third-order valence-electron chi connectivity index (χ3n) is 2.88. The zero-order valence-electron chi connectivity index (χ0n) is 9.34. The lowest BCUT2D eigenvalue weighted by Gasteiger charge is -2.04. The van der Waals surface area contributed by atoms with Gasteiger partial charge in [0.15, 0.2) is 0 Å². The van der Waals surface area contributed by atoms with Crippen molar-refractivity contribution in [2.24, 2.45) is 7.05 Å². The molecule has 0 saturated heterocycles. The molecule has 1 heterocycles. The van der Waals surface area contributed by atoms with E-state index in [-0.39, 0.29) is 0 Å². The molecule has 3 nitrogen and oxygen atoms in total. The zero-order chi connectivity index (χ0) is 11.9. The second-order valence-electron chi connectivity index (χ2n) is 3.64. The molecule has 0 amide bonds. The van der Waals surface area contributed by atoms with Gasteiger partial charge < -0.3 is 9.30 Å². The third-order valence-corrected chi connectivity index (χ3v) is 3.17. The molecule has 0 aliphatic rings. The van der Waals surface area contributed by atoms with Crippen LogP contribution >= 0.6 is 11.6 Å². The van der Waals surface area contributed by atoms with Crippen LogP contribution in [0.15, 0.2) is 12.1 Å². The van der Waals surface area contributed by atoms with E-state index in [0.717, 1.165) is 16.6 Å². The minimum absolute atomic E-state index is 0.556. The Morgan fingerprint density at radius 1 is 1.44 bits per heavy atom. The number of rotatable bonds is 1. The molecular weight excluding hydrogens is 224 g/mol. The number of ether oxygens (including phenoxy) is 1. The van der Waals surface area contributed by atoms with Crippen molar-refractivity contribution in [1.82, 2.24) is 4.57 Å². The van der Waals surface area contributed by atoms with Crippen molar-refractivity contribution in [2.75, 3.05) is 7.11 Å². The average Bonchev–Trinajstić information content (AvgIpc) is 2.51. The highest BCUT2D eigenvalue weighted by Crippen LogP contribution is 2.33. The Balaban J connectivity index is 2.92. The van der Waals surface area contributed by atoms with Gasteiger partial charge in [-0.25, -0.2) is 0 Å². The van der Waals surface area contributed by atoms with Crippen molar-refractivity contribution in [1.29, 1.82) is 5.26 Å². The van der Waals surface area contributed by atoms with E-state index in [1.807, 2.05) is 30.7 Å². The second-order valence-corrected chi connectivity index (χ2v) is 4.04. The van der Waals surface area contributed by atoms with Crippen LogP contribution in [0.2, 0.25) is 5.02 Å². The fraction of sp³-hybridized carbons (Fsp3) is 0.250. The van der Waals surface area contributed by atoms with Crippen LogP contribution in [0.1, 0.15) is 11.3 Å². The molecule has 2 rings (SSSR count). The lowest BCUT2D eigenvalue weighted by Crippen LogP contribution is -1.90. The standard InChI is InChI=1S/C12H11ClN2O/c1-7-9(6-14)8-4-12(16-3)10(13)5-11(8)15(7)2/h4-5H,1-3H3. The molecule has 82 valence electrons. The van der Waals surface area contributed by atoms with Crippen molar-refractivity contribution in [2.45, 2.75) is 6.92 Å². The minimum Gasteiger partial charge on any atom is -0.495 e. The highest BCUT2D eigenvalue weighted by molar-refractivity contribution is 6.32. The first-order valence-corrected chi connectivity index (χ1v) is 5.20. The number of aryl methyl sites for hydroxylation is 1. The lowest BCUT2D eigenvalue weighted by molar-refractivity contribution is 0.415. The van der Waals surface area contributed by atoms with Crippen molar-refractivity contribution in [3.8, 4) is 11.8 Å². The molecule has 0 saturated carbocycles. The number of aromatic nitrogens is 1. The lowest BCUT2D eigenvalue weighted by atomic mass is 10.1. The van der Waals surface area contributed by atoms with E-state index in [4.69, 9.17) is 21.6 Å². The fourth-order valence-corrected chi connectivity index (χ4v) is 2.10. The first-order chi connectivity index (χ1) is 7.60. The molecule has 1 aromatic carbocycles. The van der Waals surface area contributed by atoms with Crippen molar-refractivity contribution in [3.05, 3.63) is 28.4 Å². The average molecular weight is 235 g/mol. The second kappa shape index (κ2) is 3.73. The highest BCUT2D eigenvalue weighted by Gasteiger charge is 2.14. The van der Waals surface area contributed by atoms with Crippen LogP contribution in [-0.2, 0) is 7.05 Å². The molecule has 0 spiro atoms. The maximum absolute atomic E-state index is 9.13. The Bertz CT molecular complexity index is 608. The number of methoxy groups -OCH3 is 1. The number of halogens is 1. The summed E-state index contributed by atoms with van der Waals surface area (Å²) < 4.78 is 7.11. The summed E-state index contributed by atoms with van der Waals surface area (Å²) in [7, 11) is 3.48. The number of fused-ring (bicyclic) bond motifs is 1. The molecule has 0 radical (unpaired) electrons. The molecule has 4 heteroatoms. The monoisotopic (exact) mass is 234 g/mol. The molecule has 16 heavy (non-hydrogen) atoms. The molecule has 0 bridgehead atoms. The van der Waals surface area contributed by atoms with Crippen LogP contribution in [0.3, 0.4) is 0 Å². The van der Waals surface area contributed by atoms with Gasteiger partial charge in [-0.1, -0.05) is 11.6 Å². The van der Waals surface area contributed by atoms with Crippen molar-refractivity contribution in [3.63, 3.8) is 0 Å². The van der Waals surface area contributed by atoms with Gasteiger partial charge in [0.1, 0.15) is 11.8 Å². The molecule has 0 unspecified atom stereocenters. The SMILES string of the molecule is COc1cc2c(C#N)c(C)n(C)c2cc1Cl. The highest BCUT2D eigenvalue weighted by atomic mass is 35.5. The van der Waals surface area contributed by atoms with Crippen LogP contribution in [0.4, 0.5) is 0 Å². The predicted molar refractivity (Wildman–Crippen MR) is 63.9 cm³/mol. The molecule has 1 aromatic heterocycles. The van der Waals surface area contributed by atoms with Crippen LogP contribution in [-0.4, -0.2) is 11.7 Å². The largest absolute Gasteiger partial charge is 0.495 e. The Labute approximate surface area is 98.8 Å². The number of hydrogen-bond acceptors (Lipinski definition) is 2. The summed E-state index contributed by atoms with van der Waals surface area (Å²) in [5.41, 5.74) is 2.55. The van der Waals surface area contributed by atoms with Gasteiger partial charge in [0, 0.05) is 18.1 Å². The quantitative estimate of drug-likeness (QED) is 0.761. The number of nitriles is 1. The summed E-state index contributed by atoms with van der Waals surface area (Å²) in [6.45, 7) is 1.92. The zero-order valence-corrected chi connectivity index (χ0v) is 10.1. The summed E-state index contributed by atoms with van der Waals surface area (Å²) in [5.74, 6) is 0.594. The summed E-state index contributed by atoms with van der Waals surface area (Å²) in [5, 5.41) is 10.6. The molecule has 2 aromatic rings. The van der Waals surface area contributed by atoms with E-state index >= 15 is 0 Å². The molecule has 0 aliphatic carbocycles. The number of benzene rings is 1. The van der Waals surface area contributed by atoms with E-state index < -0.39 is 0 Å². The normalized spacial score (nSPS) is 10.4. The predicted octanol–water partition coefficient (Wildman–Crippen LogP) is 3.02. The van der Waals surface area contributed by atoms with Crippen LogP contribution in [0.5, 0.6) is 5.75 Å². The Hall–Kier alpha value is -1.66. The molecular formula is C12H11ClN2O. The summed E-state index contributed by atoms with van der Waals surface area (Å²) in [4.78, 5) is 0. The number of nitrogens with zero attached hydrogens (tertiary/aromatic N) is 2. The van der Waals surface area contributed by atoms with Gasteiger partial charge in [-0.3, -0.25) is 0 Å². The maximum Gasteiger partial charge on any atom is 0.138 e. The summed E-state index contributed by atoms with van der Waals surface area (Å²) in [6, 6.07) is 5.84. The van der Waals surface area contributed by atoms with E-state index in [9.17, 15) is 0 Å². The number of hydrogen-bond donors (Lipinski definition) is 0. The van der Waals surface area contributed by atoms with E-state index in [0.29, 0.717) is 16.3 Å². The first kappa shape index (κ1) is 10.8. The Kier molecular flexibility index (Phi) is 2.53. The first-order valence-electron chi connectivity index (χ1n) is 4.82. The van der Waals surface area contributed by atoms with Gasteiger partial charge in [-0.05, 0) is 19.1 Å². The van der Waals surface area contributed by atoms with Gasteiger partial charge in [-0.2, -0.15) is 5.26 Å². The van der Waals surface area contributed by atoms with Crippen LogP contribution in [0.25, 0.3) is 10.9 Å². The molecule has 0 aliphatic heterocycles. The van der Waals surface area contributed by atoms with Crippen molar-refractivity contribution < 1.29 is 4.74 Å². The van der Waals surface area contributed by atoms with Gasteiger partial charge in [0.25, 0.3) is 0 Å². The molecule has 0 N–H and O–H groups in total. The van der Waals surface area contributed by atoms with E-state index in [1.54, 1.807) is 7.11 Å². The third kappa shape index (κ3) is 1.35. The topological polar surface area (TPSA) is 37.9 Å². The Morgan fingerprint density at radius 3 is 2.69 bits per heavy atom. The summed E-state index contributed by atoms with van der Waals surface area (Å²) >= 11 is 6.06. The minimum atomic E-state index is 0.556. The summed E-state index contributed by atoms with van der Waals surface area (Å²) in [6.07, 6.45) is 0. The maximum atomic E-state index is 9.13. The fourth-order valence-electron chi connectivity index (χ4n) is 1.86. The van der Waals surface area contributed by atoms with E-state index in [2.05, 4.69) is 6.07 Å². The smallest absolute Gasteiger partial charge is 0.138 e. The van der Waals surface area contributed by atoms with Gasteiger partial charge in [0.2, 0.25) is 0 Å². The van der Waals surface area contributed by atoms with Gasteiger partial charge in [-0.15, -0.1) is 0 Å². The van der Waals surface area contributed by atoms with Gasteiger partial charge >= 0.3 is 0 Å². The van der Waals surface area contributed by atoms with Crippen LogP contribution < -0.4 is 4.74 Å². The van der Waals surface area contributed by atoms with E-state index in [1.165, 1.54) is 0 Å². The van der Waals surface area contributed by atoms with Crippen LogP contribution in [0, 0.1) is 18.3 Å². The van der Waals surface area contributed by atoms with Gasteiger partial charge in [0.05, 0.1) is 23.2 Å². The Morgan fingerprint density at radius 2 is 2.12 bits per heavy atom.